The van der Waals surface area contributed by atoms with Crippen LogP contribution in [0.3, 0.4) is 0 Å². The second-order valence-corrected chi connectivity index (χ2v) is 4.01. The topological polar surface area (TPSA) is 72.2 Å². The monoisotopic (exact) mass is 246 g/mol. The van der Waals surface area contributed by atoms with Gasteiger partial charge in [-0.1, -0.05) is 24.3 Å². The number of primary amides is 1. The molecule has 4 nitrogen and oxygen atoms in total. The lowest BCUT2D eigenvalue weighted by Crippen LogP contribution is -2.44. The molecule has 1 aromatic rings. The largest absolute Gasteiger partial charge is 0.368 e. The fourth-order valence-electron chi connectivity index (χ4n) is 1.58. The van der Waals surface area contributed by atoms with E-state index in [2.05, 4.69) is 11.9 Å². The molecular formula is C14H18N2O2. The minimum Gasteiger partial charge on any atom is -0.368 e. The zero-order valence-corrected chi connectivity index (χ0v) is 10.3. The number of benzene rings is 1. The summed E-state index contributed by atoms with van der Waals surface area (Å²) in [6.07, 6.45) is 3.87. The van der Waals surface area contributed by atoms with Gasteiger partial charge in [-0.05, 0) is 31.4 Å². The maximum absolute atomic E-state index is 11.9. The van der Waals surface area contributed by atoms with Gasteiger partial charge in [0.15, 0.2) is 0 Å². The van der Waals surface area contributed by atoms with Crippen LogP contribution in [0.4, 0.5) is 0 Å². The smallest absolute Gasteiger partial charge is 0.251 e. The van der Waals surface area contributed by atoms with Crippen LogP contribution in [0.15, 0.2) is 43.0 Å². The third kappa shape index (κ3) is 4.41. The van der Waals surface area contributed by atoms with Crippen molar-refractivity contribution in [3.05, 3.63) is 48.6 Å². The summed E-state index contributed by atoms with van der Waals surface area (Å²) in [5.41, 5.74) is 5.79. The number of carbonyl (C=O) groups excluding carboxylic acids is 2. The van der Waals surface area contributed by atoms with Gasteiger partial charge in [0, 0.05) is 5.56 Å². The molecule has 0 aliphatic carbocycles. The standard InChI is InChI=1S/C14H18N2O2/c1-2-3-5-10-12(13(15)17)16-14(18)11-8-6-4-7-9-11/h2,4,6-9,12H,1,3,5,10H2,(H2,15,17)(H,16,18)/t12-/m0/s1. The van der Waals surface area contributed by atoms with Crippen LogP contribution >= 0.6 is 0 Å². The van der Waals surface area contributed by atoms with Crippen LogP contribution < -0.4 is 11.1 Å². The van der Waals surface area contributed by atoms with Gasteiger partial charge >= 0.3 is 0 Å². The molecule has 18 heavy (non-hydrogen) atoms. The van der Waals surface area contributed by atoms with Crippen LogP contribution in [-0.4, -0.2) is 17.9 Å². The normalized spacial score (nSPS) is 11.6. The lowest BCUT2D eigenvalue weighted by molar-refractivity contribution is -0.120. The highest BCUT2D eigenvalue weighted by molar-refractivity contribution is 5.97. The first-order chi connectivity index (χ1) is 8.65. The van der Waals surface area contributed by atoms with Crippen molar-refractivity contribution in [1.82, 2.24) is 5.32 Å². The number of unbranched alkanes of at least 4 members (excludes halogenated alkanes) is 1. The van der Waals surface area contributed by atoms with Crippen molar-refractivity contribution >= 4 is 11.8 Å². The summed E-state index contributed by atoms with van der Waals surface area (Å²) < 4.78 is 0. The van der Waals surface area contributed by atoms with E-state index in [1.165, 1.54) is 0 Å². The number of hydrogen-bond acceptors (Lipinski definition) is 2. The quantitative estimate of drug-likeness (QED) is 0.567. The van der Waals surface area contributed by atoms with Gasteiger partial charge < -0.3 is 11.1 Å². The molecule has 0 aromatic heterocycles. The Labute approximate surface area is 107 Å². The van der Waals surface area contributed by atoms with E-state index in [0.717, 1.165) is 12.8 Å². The molecule has 0 bridgehead atoms. The molecule has 1 rings (SSSR count). The van der Waals surface area contributed by atoms with E-state index in [9.17, 15) is 9.59 Å². The molecule has 0 fully saturated rings. The third-order valence-electron chi connectivity index (χ3n) is 2.59. The molecule has 96 valence electrons. The Hall–Kier alpha value is -2.10. The Balaban J connectivity index is 2.58. The van der Waals surface area contributed by atoms with Crippen molar-refractivity contribution in [3.8, 4) is 0 Å². The predicted molar refractivity (Wildman–Crippen MR) is 70.9 cm³/mol. The van der Waals surface area contributed by atoms with Gasteiger partial charge in [-0.3, -0.25) is 9.59 Å². The summed E-state index contributed by atoms with van der Waals surface area (Å²) in [7, 11) is 0. The van der Waals surface area contributed by atoms with E-state index < -0.39 is 11.9 Å². The van der Waals surface area contributed by atoms with Gasteiger partial charge in [0.1, 0.15) is 6.04 Å². The molecule has 0 aliphatic rings. The van der Waals surface area contributed by atoms with Crippen molar-refractivity contribution in [2.45, 2.75) is 25.3 Å². The Morgan fingerprint density at radius 3 is 2.56 bits per heavy atom. The lowest BCUT2D eigenvalue weighted by atomic mass is 10.1. The van der Waals surface area contributed by atoms with Crippen LogP contribution in [0.2, 0.25) is 0 Å². The molecule has 0 radical (unpaired) electrons. The summed E-state index contributed by atoms with van der Waals surface area (Å²) >= 11 is 0. The number of rotatable bonds is 7. The Bertz CT molecular complexity index is 415. The maximum atomic E-state index is 11.9. The average molecular weight is 246 g/mol. The summed E-state index contributed by atoms with van der Waals surface area (Å²) in [6, 6.07) is 8.12. The molecule has 1 aromatic carbocycles. The SMILES string of the molecule is C=CCCC[C@H](NC(=O)c1ccccc1)C(N)=O. The van der Waals surface area contributed by atoms with Gasteiger partial charge in [-0.25, -0.2) is 0 Å². The average Bonchev–Trinajstić information content (AvgIpc) is 2.38. The van der Waals surface area contributed by atoms with Crippen LogP contribution in [0.5, 0.6) is 0 Å². The molecule has 3 N–H and O–H groups in total. The van der Waals surface area contributed by atoms with Gasteiger partial charge in [0.2, 0.25) is 5.91 Å². The van der Waals surface area contributed by atoms with Crippen LogP contribution in [0.1, 0.15) is 29.6 Å². The van der Waals surface area contributed by atoms with Gasteiger partial charge in [-0.2, -0.15) is 0 Å². The molecule has 1 atom stereocenters. The Morgan fingerprint density at radius 1 is 1.33 bits per heavy atom. The van der Waals surface area contributed by atoms with Crippen LogP contribution in [-0.2, 0) is 4.79 Å². The summed E-state index contributed by atoms with van der Waals surface area (Å²) in [6.45, 7) is 3.61. The summed E-state index contributed by atoms with van der Waals surface area (Å²) in [4.78, 5) is 23.1. The first-order valence-corrected chi connectivity index (χ1v) is 5.91. The van der Waals surface area contributed by atoms with Crippen molar-refractivity contribution in [2.75, 3.05) is 0 Å². The molecule has 0 unspecified atom stereocenters. The Morgan fingerprint density at radius 2 is 2.00 bits per heavy atom. The van der Waals surface area contributed by atoms with E-state index in [0.29, 0.717) is 12.0 Å². The fraction of sp³-hybridized carbons (Fsp3) is 0.286. The van der Waals surface area contributed by atoms with Crippen molar-refractivity contribution in [3.63, 3.8) is 0 Å². The van der Waals surface area contributed by atoms with Crippen molar-refractivity contribution in [2.24, 2.45) is 5.73 Å². The number of carbonyl (C=O) groups is 2. The number of nitrogens with one attached hydrogen (secondary N) is 1. The van der Waals surface area contributed by atoms with Gasteiger partial charge in [0.25, 0.3) is 5.91 Å². The Kier molecular flexibility index (Phi) is 5.64. The zero-order chi connectivity index (χ0) is 13.4. The van der Waals surface area contributed by atoms with E-state index in [-0.39, 0.29) is 5.91 Å². The molecular weight excluding hydrogens is 228 g/mol. The van der Waals surface area contributed by atoms with Gasteiger partial charge in [0.05, 0.1) is 0 Å². The molecule has 4 heteroatoms. The number of hydrogen-bond donors (Lipinski definition) is 2. The number of nitrogens with two attached hydrogens (primary N) is 1. The molecule has 0 heterocycles. The van der Waals surface area contributed by atoms with E-state index in [1.54, 1.807) is 30.3 Å². The third-order valence-corrected chi connectivity index (χ3v) is 2.59. The minimum atomic E-state index is -0.627. The highest BCUT2D eigenvalue weighted by Crippen LogP contribution is 2.04. The molecule has 0 aliphatic heterocycles. The second kappa shape index (κ2) is 7.27. The summed E-state index contributed by atoms with van der Waals surface area (Å²) in [5.74, 6) is -0.790. The lowest BCUT2D eigenvalue weighted by Gasteiger charge is -2.15. The van der Waals surface area contributed by atoms with E-state index in [1.807, 2.05) is 6.07 Å². The second-order valence-electron chi connectivity index (χ2n) is 4.01. The van der Waals surface area contributed by atoms with Gasteiger partial charge in [-0.15, -0.1) is 6.58 Å². The number of allylic oxidation sites excluding steroid dienone is 1. The summed E-state index contributed by atoms with van der Waals surface area (Å²) in [5, 5.41) is 2.64. The zero-order valence-electron chi connectivity index (χ0n) is 10.3. The molecule has 2 amide bonds. The van der Waals surface area contributed by atoms with Crippen LogP contribution in [0.25, 0.3) is 0 Å². The molecule has 0 spiro atoms. The van der Waals surface area contributed by atoms with Crippen molar-refractivity contribution < 1.29 is 9.59 Å². The van der Waals surface area contributed by atoms with E-state index >= 15 is 0 Å². The first-order valence-electron chi connectivity index (χ1n) is 5.91. The molecule has 0 saturated carbocycles. The predicted octanol–water partition coefficient (Wildman–Crippen LogP) is 1.63. The van der Waals surface area contributed by atoms with Crippen LogP contribution in [0, 0.1) is 0 Å². The van der Waals surface area contributed by atoms with E-state index in [4.69, 9.17) is 5.73 Å². The highest BCUT2D eigenvalue weighted by Gasteiger charge is 2.17. The number of amides is 2. The van der Waals surface area contributed by atoms with Crippen molar-refractivity contribution in [1.29, 1.82) is 0 Å². The maximum Gasteiger partial charge on any atom is 0.251 e. The first kappa shape index (κ1) is 14.0. The minimum absolute atomic E-state index is 0.280. The highest BCUT2D eigenvalue weighted by atomic mass is 16.2. The fourth-order valence-corrected chi connectivity index (χ4v) is 1.58. The molecule has 0 saturated heterocycles.